The van der Waals surface area contributed by atoms with Crippen molar-refractivity contribution in [2.45, 2.75) is 46.5 Å². The summed E-state index contributed by atoms with van der Waals surface area (Å²) in [6, 6.07) is 0. The maximum Gasteiger partial charge on any atom is 0.311 e. The van der Waals surface area contributed by atoms with E-state index in [1.54, 1.807) is 6.92 Å². The molecule has 0 radical (unpaired) electrons. The van der Waals surface area contributed by atoms with E-state index in [4.69, 9.17) is 0 Å². The van der Waals surface area contributed by atoms with Crippen LogP contribution >= 0.6 is 0 Å². The molecular weight excluding hydrogens is 244 g/mol. The fourth-order valence-corrected chi connectivity index (χ4v) is 4.46. The molecule has 4 nitrogen and oxygen atoms in total. The van der Waals surface area contributed by atoms with Gasteiger partial charge in [-0.25, -0.2) is 0 Å². The largest absolute Gasteiger partial charge is 0.481 e. The van der Waals surface area contributed by atoms with Gasteiger partial charge in [-0.3, -0.25) is 9.59 Å². The minimum atomic E-state index is -0.824. The van der Waals surface area contributed by atoms with Gasteiger partial charge >= 0.3 is 11.9 Å². The van der Waals surface area contributed by atoms with Crippen LogP contribution < -0.4 is 0 Å². The lowest BCUT2D eigenvalue weighted by molar-refractivity contribution is -0.168. The summed E-state index contributed by atoms with van der Waals surface area (Å²) in [5, 5.41) is 19.1. The van der Waals surface area contributed by atoms with Gasteiger partial charge in [0.15, 0.2) is 0 Å². The lowest BCUT2D eigenvalue weighted by Crippen LogP contribution is -2.54. The third-order valence-corrected chi connectivity index (χ3v) is 5.50. The molecule has 0 aromatic rings. The Hall–Kier alpha value is -1.32. The van der Waals surface area contributed by atoms with Gasteiger partial charge in [-0.2, -0.15) is 0 Å². The number of aliphatic carboxylic acids is 2. The maximum absolute atomic E-state index is 11.7. The van der Waals surface area contributed by atoms with E-state index in [1.807, 2.05) is 19.9 Å². The Morgan fingerprint density at radius 2 is 1.89 bits per heavy atom. The molecule has 0 bridgehead atoms. The van der Waals surface area contributed by atoms with Crippen molar-refractivity contribution in [2.75, 3.05) is 0 Å². The summed E-state index contributed by atoms with van der Waals surface area (Å²) in [4.78, 5) is 23.3. The predicted molar refractivity (Wildman–Crippen MR) is 70.7 cm³/mol. The highest BCUT2D eigenvalue weighted by Gasteiger charge is 2.58. The Bertz CT molecular complexity index is 453. The molecule has 0 aromatic carbocycles. The van der Waals surface area contributed by atoms with Crippen molar-refractivity contribution >= 4 is 11.9 Å². The number of rotatable bonds is 2. The van der Waals surface area contributed by atoms with Gasteiger partial charge in [0.05, 0.1) is 11.3 Å². The Balaban J connectivity index is 2.51. The van der Waals surface area contributed by atoms with E-state index in [2.05, 4.69) is 0 Å². The zero-order valence-corrected chi connectivity index (χ0v) is 11.8. The zero-order chi connectivity index (χ0) is 14.4. The lowest BCUT2D eigenvalue weighted by atomic mass is 9.48. The van der Waals surface area contributed by atoms with Crippen LogP contribution in [0.1, 0.15) is 46.5 Å². The normalized spacial score (nSPS) is 42.2. The van der Waals surface area contributed by atoms with Gasteiger partial charge in [-0.15, -0.1) is 0 Å². The number of allylic oxidation sites excluding steroid dienone is 1. The standard InChI is InChI=1S/C15H22O4/c1-9-5-6-10-14(2,11(9)12(16)17)7-4-8-15(10,3)13(18)19/h5,10-11H,4,6-8H2,1-3H3,(H,16,17)(H,18,19)/t10-,11-,14+,15+/m1/s1. The van der Waals surface area contributed by atoms with E-state index in [-0.39, 0.29) is 5.92 Å². The van der Waals surface area contributed by atoms with Gasteiger partial charge in [0, 0.05) is 0 Å². The average Bonchev–Trinajstić information content (AvgIpc) is 2.26. The van der Waals surface area contributed by atoms with Crippen LogP contribution in [0.5, 0.6) is 0 Å². The molecule has 0 aliphatic heterocycles. The monoisotopic (exact) mass is 266 g/mol. The molecule has 2 rings (SSSR count). The summed E-state index contributed by atoms with van der Waals surface area (Å²) in [5.74, 6) is -2.27. The number of carbonyl (C=O) groups is 2. The second kappa shape index (κ2) is 4.36. The van der Waals surface area contributed by atoms with Crippen LogP contribution in [0, 0.1) is 22.7 Å². The minimum absolute atomic E-state index is 0.101. The first-order valence-electron chi connectivity index (χ1n) is 6.86. The van der Waals surface area contributed by atoms with E-state index in [1.165, 1.54) is 0 Å². The van der Waals surface area contributed by atoms with Crippen molar-refractivity contribution < 1.29 is 19.8 Å². The molecule has 0 saturated heterocycles. The second-order valence-corrected chi connectivity index (χ2v) is 6.59. The molecule has 106 valence electrons. The molecule has 0 amide bonds. The van der Waals surface area contributed by atoms with E-state index in [0.29, 0.717) is 12.8 Å². The third-order valence-electron chi connectivity index (χ3n) is 5.50. The topological polar surface area (TPSA) is 74.6 Å². The third kappa shape index (κ3) is 1.88. The van der Waals surface area contributed by atoms with Crippen molar-refractivity contribution in [3.63, 3.8) is 0 Å². The van der Waals surface area contributed by atoms with E-state index in [0.717, 1.165) is 18.4 Å². The van der Waals surface area contributed by atoms with Gasteiger partial charge in [0.25, 0.3) is 0 Å². The molecule has 0 unspecified atom stereocenters. The smallest absolute Gasteiger partial charge is 0.311 e. The summed E-state index contributed by atoms with van der Waals surface area (Å²) in [6.07, 6.45) is 4.82. The van der Waals surface area contributed by atoms with Crippen molar-refractivity contribution in [1.29, 1.82) is 0 Å². The van der Waals surface area contributed by atoms with Crippen molar-refractivity contribution in [2.24, 2.45) is 22.7 Å². The first-order valence-corrected chi connectivity index (χ1v) is 6.86. The molecule has 1 fully saturated rings. The number of fused-ring (bicyclic) bond motifs is 1. The SMILES string of the molecule is CC1=CC[C@@H]2[C@](C)(CCC[C@]2(C)C(=O)O)[C@H]1C(=O)O. The molecule has 0 heterocycles. The molecule has 4 atom stereocenters. The van der Waals surface area contributed by atoms with Crippen molar-refractivity contribution in [1.82, 2.24) is 0 Å². The molecule has 19 heavy (non-hydrogen) atoms. The van der Waals surface area contributed by atoms with Gasteiger partial charge in [0.1, 0.15) is 0 Å². The van der Waals surface area contributed by atoms with Crippen molar-refractivity contribution in [3.05, 3.63) is 11.6 Å². The van der Waals surface area contributed by atoms with Crippen molar-refractivity contribution in [3.8, 4) is 0 Å². The number of hydrogen-bond acceptors (Lipinski definition) is 2. The van der Waals surface area contributed by atoms with Crippen LogP contribution in [0.2, 0.25) is 0 Å². The summed E-state index contributed by atoms with van der Waals surface area (Å²) < 4.78 is 0. The first-order chi connectivity index (χ1) is 8.73. The lowest BCUT2D eigenvalue weighted by Gasteiger charge is -2.54. The predicted octanol–water partition coefficient (Wildman–Crippen LogP) is 2.93. The summed E-state index contributed by atoms with van der Waals surface area (Å²) in [5.41, 5.74) is -0.380. The molecule has 0 aromatic heterocycles. The van der Waals surface area contributed by atoms with Crippen LogP contribution in [0.15, 0.2) is 11.6 Å². The highest BCUT2D eigenvalue weighted by atomic mass is 16.4. The summed E-state index contributed by atoms with van der Waals surface area (Å²) >= 11 is 0. The van der Waals surface area contributed by atoms with Crippen LogP contribution in [0.3, 0.4) is 0 Å². The van der Waals surface area contributed by atoms with Gasteiger partial charge in [-0.1, -0.05) is 25.0 Å². The Labute approximate surface area is 113 Å². The zero-order valence-electron chi connectivity index (χ0n) is 11.8. The quantitative estimate of drug-likeness (QED) is 0.753. The minimum Gasteiger partial charge on any atom is -0.481 e. The number of hydrogen-bond donors (Lipinski definition) is 2. The molecular formula is C15H22O4. The fourth-order valence-electron chi connectivity index (χ4n) is 4.46. The summed E-state index contributed by atoms with van der Waals surface area (Å²) in [6.45, 7) is 5.60. The first kappa shape index (κ1) is 14.1. The van der Waals surface area contributed by atoms with Gasteiger partial charge < -0.3 is 10.2 Å². The van der Waals surface area contributed by atoms with E-state index < -0.39 is 28.7 Å². The Morgan fingerprint density at radius 1 is 1.26 bits per heavy atom. The Morgan fingerprint density at radius 3 is 2.42 bits per heavy atom. The molecule has 2 aliphatic rings. The number of carboxylic acids is 2. The average molecular weight is 266 g/mol. The van der Waals surface area contributed by atoms with Crippen LogP contribution in [0.4, 0.5) is 0 Å². The van der Waals surface area contributed by atoms with Gasteiger partial charge in [0.2, 0.25) is 0 Å². The molecule has 4 heteroatoms. The molecule has 1 saturated carbocycles. The highest BCUT2D eigenvalue weighted by molar-refractivity contribution is 5.78. The Kier molecular flexibility index (Phi) is 3.23. The maximum atomic E-state index is 11.7. The molecule has 2 aliphatic carbocycles. The second-order valence-electron chi connectivity index (χ2n) is 6.59. The molecule has 0 spiro atoms. The van der Waals surface area contributed by atoms with Gasteiger partial charge in [-0.05, 0) is 44.4 Å². The molecule has 2 N–H and O–H groups in total. The van der Waals surface area contributed by atoms with Crippen LogP contribution in [-0.2, 0) is 9.59 Å². The summed E-state index contributed by atoms with van der Waals surface area (Å²) in [7, 11) is 0. The van der Waals surface area contributed by atoms with E-state index in [9.17, 15) is 19.8 Å². The van der Waals surface area contributed by atoms with E-state index >= 15 is 0 Å². The fraction of sp³-hybridized carbons (Fsp3) is 0.733. The van der Waals surface area contributed by atoms with Crippen LogP contribution in [-0.4, -0.2) is 22.2 Å². The highest BCUT2D eigenvalue weighted by Crippen LogP contribution is 2.59. The number of carboxylic acid groups (broad SMARTS) is 2. The van der Waals surface area contributed by atoms with Crippen LogP contribution in [0.25, 0.3) is 0 Å².